The Hall–Kier alpha value is -2.83. The minimum atomic E-state index is -1.32. The summed E-state index contributed by atoms with van der Waals surface area (Å²) in [7, 11) is 0. The van der Waals surface area contributed by atoms with Crippen LogP contribution in [0.1, 0.15) is 31.2 Å². The molecule has 0 radical (unpaired) electrons. The first kappa shape index (κ1) is 18.0. The molecule has 0 unspecified atom stereocenters. The van der Waals surface area contributed by atoms with E-state index in [2.05, 4.69) is 5.32 Å². The summed E-state index contributed by atoms with van der Waals surface area (Å²) in [6.07, 6.45) is 0. The van der Waals surface area contributed by atoms with Crippen LogP contribution in [0.4, 0.5) is 10.7 Å². The lowest BCUT2D eigenvalue weighted by atomic mass is 10.1. The summed E-state index contributed by atoms with van der Waals surface area (Å²) in [4.78, 5) is 24.2. The van der Waals surface area contributed by atoms with Crippen LogP contribution in [0.15, 0.2) is 48.5 Å². The van der Waals surface area contributed by atoms with E-state index in [-0.39, 0.29) is 15.4 Å². The number of thiophene rings is 1. The molecule has 0 saturated heterocycles. The summed E-state index contributed by atoms with van der Waals surface area (Å²) in [6, 6.07) is 13.5. The van der Waals surface area contributed by atoms with Crippen LogP contribution in [-0.2, 0) is 0 Å². The third-order valence-corrected chi connectivity index (χ3v) is 5.06. The molecular weight excluding hydrogens is 374 g/mol. The van der Waals surface area contributed by atoms with Gasteiger partial charge in [0.05, 0.1) is 0 Å². The Morgan fingerprint density at radius 1 is 1.04 bits per heavy atom. The van der Waals surface area contributed by atoms with Crippen LogP contribution in [0.3, 0.4) is 0 Å². The number of carbonyl (C=O) groups excluding carboxylic acids is 1. The highest BCUT2D eigenvalue weighted by molar-refractivity contribution is 7.19. The lowest BCUT2D eigenvalue weighted by Crippen LogP contribution is -2.01. The van der Waals surface area contributed by atoms with Crippen LogP contribution < -0.4 is 5.32 Å². The molecule has 0 amide bonds. The normalized spacial score (nSPS) is 10.5. The van der Waals surface area contributed by atoms with E-state index in [1.165, 1.54) is 12.1 Å². The maximum absolute atomic E-state index is 12.7. The highest BCUT2D eigenvalue weighted by Gasteiger charge is 2.27. The first-order chi connectivity index (χ1) is 12.4. The number of aryl methyl sites for hydroxylation is 1. The molecule has 3 aromatic rings. The van der Waals surface area contributed by atoms with Crippen molar-refractivity contribution < 1.29 is 19.8 Å². The van der Waals surface area contributed by atoms with Gasteiger partial charge in [-0.3, -0.25) is 4.79 Å². The van der Waals surface area contributed by atoms with Gasteiger partial charge < -0.3 is 15.5 Å². The van der Waals surface area contributed by atoms with Crippen molar-refractivity contribution in [3.63, 3.8) is 0 Å². The molecule has 0 atom stereocenters. The van der Waals surface area contributed by atoms with Crippen LogP contribution in [0, 0.1) is 6.92 Å². The standard InChI is InChI=1S/C19H14ClNO4S/c1-10-2-8-13(9-3-10)21-18-14(19(24)25)16(23)17(26-18)15(22)11-4-6-12(20)7-5-11/h2-9,21,23H,1H3,(H,24,25). The molecule has 3 N–H and O–H groups in total. The molecule has 1 heterocycles. The molecule has 1 aromatic heterocycles. The van der Waals surface area contributed by atoms with Gasteiger partial charge in [-0.1, -0.05) is 29.3 Å². The number of carbonyl (C=O) groups is 2. The number of aromatic hydroxyl groups is 1. The van der Waals surface area contributed by atoms with Gasteiger partial charge in [-0.2, -0.15) is 0 Å². The lowest BCUT2D eigenvalue weighted by Gasteiger charge is -2.05. The van der Waals surface area contributed by atoms with Gasteiger partial charge in [-0.25, -0.2) is 4.79 Å². The van der Waals surface area contributed by atoms with Crippen molar-refractivity contribution in [2.24, 2.45) is 0 Å². The van der Waals surface area contributed by atoms with Gasteiger partial charge in [0.2, 0.25) is 5.78 Å². The van der Waals surface area contributed by atoms with Crippen LogP contribution in [-0.4, -0.2) is 22.0 Å². The third kappa shape index (κ3) is 3.56. The average Bonchev–Trinajstić information content (AvgIpc) is 2.93. The fraction of sp³-hybridized carbons (Fsp3) is 0.0526. The highest BCUT2D eigenvalue weighted by Crippen LogP contribution is 2.41. The number of halogens is 1. The monoisotopic (exact) mass is 387 g/mol. The minimum absolute atomic E-state index is 0.0423. The van der Waals surface area contributed by atoms with Gasteiger partial charge in [0.1, 0.15) is 15.4 Å². The van der Waals surface area contributed by atoms with Crippen LogP contribution in [0.2, 0.25) is 5.02 Å². The predicted octanol–water partition coefficient (Wildman–Crippen LogP) is 5.09. The summed E-state index contributed by atoms with van der Waals surface area (Å²) >= 11 is 6.72. The molecule has 3 rings (SSSR count). The van der Waals surface area contributed by atoms with E-state index in [4.69, 9.17) is 11.6 Å². The van der Waals surface area contributed by atoms with Crippen molar-refractivity contribution in [3.8, 4) is 5.75 Å². The summed E-state index contributed by atoms with van der Waals surface area (Å²) in [5.74, 6) is -2.33. The largest absolute Gasteiger partial charge is 0.505 e. The summed E-state index contributed by atoms with van der Waals surface area (Å²) in [5, 5.41) is 23.4. The molecule has 0 bridgehead atoms. The van der Waals surface area contributed by atoms with E-state index in [1.807, 2.05) is 19.1 Å². The van der Waals surface area contributed by atoms with Gasteiger partial charge in [0.25, 0.3) is 0 Å². The number of nitrogens with one attached hydrogen (secondary N) is 1. The molecule has 7 heteroatoms. The molecular formula is C19H14ClNO4S. The average molecular weight is 388 g/mol. The molecule has 5 nitrogen and oxygen atoms in total. The Bertz CT molecular complexity index is 978. The fourth-order valence-corrected chi connectivity index (χ4v) is 3.56. The maximum atomic E-state index is 12.7. The topological polar surface area (TPSA) is 86.6 Å². The van der Waals surface area contributed by atoms with Crippen LogP contribution >= 0.6 is 22.9 Å². The van der Waals surface area contributed by atoms with Gasteiger partial charge in [-0.15, -0.1) is 11.3 Å². The zero-order valence-corrected chi connectivity index (χ0v) is 15.2. The SMILES string of the molecule is Cc1ccc(Nc2sc(C(=O)c3ccc(Cl)cc3)c(O)c2C(=O)O)cc1. The first-order valence-electron chi connectivity index (χ1n) is 7.60. The number of aromatic carboxylic acids is 1. The van der Waals surface area contributed by atoms with E-state index < -0.39 is 17.5 Å². The predicted molar refractivity (Wildman–Crippen MR) is 102 cm³/mol. The Morgan fingerprint density at radius 2 is 1.65 bits per heavy atom. The van der Waals surface area contributed by atoms with Crippen molar-refractivity contribution in [1.29, 1.82) is 0 Å². The second kappa shape index (κ2) is 7.19. The molecule has 132 valence electrons. The van der Waals surface area contributed by atoms with Crippen LogP contribution in [0.25, 0.3) is 0 Å². The van der Waals surface area contributed by atoms with E-state index >= 15 is 0 Å². The van der Waals surface area contributed by atoms with Crippen molar-refractivity contribution in [1.82, 2.24) is 0 Å². The number of rotatable bonds is 5. The second-order valence-electron chi connectivity index (χ2n) is 5.62. The molecule has 26 heavy (non-hydrogen) atoms. The number of anilines is 2. The van der Waals surface area contributed by atoms with Crippen molar-refractivity contribution in [2.45, 2.75) is 6.92 Å². The van der Waals surface area contributed by atoms with Crippen molar-refractivity contribution >= 4 is 45.4 Å². The number of carboxylic acid groups (broad SMARTS) is 1. The van der Waals surface area contributed by atoms with Crippen molar-refractivity contribution in [3.05, 3.63) is 75.1 Å². The van der Waals surface area contributed by atoms with Gasteiger partial charge >= 0.3 is 5.97 Å². The smallest absolute Gasteiger partial charge is 0.342 e. The zero-order chi connectivity index (χ0) is 18.8. The van der Waals surface area contributed by atoms with Gasteiger partial charge in [0, 0.05) is 16.3 Å². The minimum Gasteiger partial charge on any atom is -0.505 e. The number of benzene rings is 2. The van der Waals surface area contributed by atoms with E-state index in [0.717, 1.165) is 16.9 Å². The zero-order valence-electron chi connectivity index (χ0n) is 13.6. The van der Waals surface area contributed by atoms with Crippen LogP contribution in [0.5, 0.6) is 5.75 Å². The first-order valence-corrected chi connectivity index (χ1v) is 8.79. The number of hydrogen-bond acceptors (Lipinski definition) is 5. The molecule has 2 aromatic carbocycles. The Kier molecular flexibility index (Phi) is 4.97. The van der Waals surface area contributed by atoms with Gasteiger partial charge in [-0.05, 0) is 43.3 Å². The number of hydrogen-bond donors (Lipinski definition) is 3. The Balaban J connectivity index is 2.01. The van der Waals surface area contributed by atoms with E-state index in [1.54, 1.807) is 24.3 Å². The molecule has 0 fully saturated rings. The summed E-state index contributed by atoms with van der Waals surface area (Å²) in [5.41, 5.74) is 1.70. The molecule has 0 aliphatic carbocycles. The van der Waals surface area contributed by atoms with Gasteiger partial charge in [0.15, 0.2) is 5.75 Å². The number of ketones is 1. The molecule has 0 spiro atoms. The molecule has 0 aliphatic rings. The molecule has 0 aliphatic heterocycles. The van der Waals surface area contributed by atoms with E-state index in [0.29, 0.717) is 16.3 Å². The number of carboxylic acids is 1. The Labute approximate surface area is 158 Å². The second-order valence-corrected chi connectivity index (χ2v) is 7.07. The summed E-state index contributed by atoms with van der Waals surface area (Å²) in [6.45, 7) is 1.94. The Morgan fingerprint density at radius 3 is 2.23 bits per heavy atom. The van der Waals surface area contributed by atoms with Crippen molar-refractivity contribution in [2.75, 3.05) is 5.32 Å². The third-order valence-electron chi connectivity index (χ3n) is 3.72. The molecule has 0 saturated carbocycles. The quantitative estimate of drug-likeness (QED) is 0.531. The lowest BCUT2D eigenvalue weighted by molar-refractivity contribution is 0.0695. The highest BCUT2D eigenvalue weighted by atomic mass is 35.5. The van der Waals surface area contributed by atoms with E-state index in [9.17, 15) is 19.8 Å². The fourth-order valence-electron chi connectivity index (χ4n) is 2.36. The maximum Gasteiger partial charge on any atom is 0.342 e. The summed E-state index contributed by atoms with van der Waals surface area (Å²) < 4.78 is 0.